The van der Waals surface area contributed by atoms with Gasteiger partial charge in [-0.15, -0.1) is 0 Å². The highest BCUT2D eigenvalue weighted by atomic mass is 16.4. The normalized spacial score (nSPS) is 10.8. The van der Waals surface area contributed by atoms with Crippen LogP contribution in [0.2, 0.25) is 0 Å². The van der Waals surface area contributed by atoms with Crippen LogP contribution >= 0.6 is 0 Å². The van der Waals surface area contributed by atoms with Gasteiger partial charge in [-0.05, 0) is 54.1 Å². The second-order valence-corrected chi connectivity index (χ2v) is 8.95. The maximum Gasteiger partial charge on any atom is 0.307 e. The van der Waals surface area contributed by atoms with E-state index in [4.69, 9.17) is 10.1 Å². The van der Waals surface area contributed by atoms with Crippen molar-refractivity contribution in [3.8, 4) is 0 Å². The van der Waals surface area contributed by atoms with Gasteiger partial charge in [0.1, 0.15) is 5.82 Å². The lowest BCUT2D eigenvalue weighted by molar-refractivity contribution is -0.136. The zero-order valence-corrected chi connectivity index (χ0v) is 21.2. The molecule has 0 spiro atoms. The molecular weight excluding hydrogens is 480 g/mol. The van der Waals surface area contributed by atoms with Crippen LogP contribution in [0.4, 0.5) is 11.5 Å². The van der Waals surface area contributed by atoms with Crippen LogP contribution < -0.4 is 10.2 Å². The molecule has 0 saturated carbocycles. The topological polar surface area (TPSA) is 112 Å². The van der Waals surface area contributed by atoms with Gasteiger partial charge in [-0.2, -0.15) is 0 Å². The number of carbonyl (C=O) groups excluding carboxylic acids is 1. The molecule has 194 valence electrons. The van der Waals surface area contributed by atoms with Crippen molar-refractivity contribution >= 4 is 23.4 Å². The summed E-state index contributed by atoms with van der Waals surface area (Å²) >= 11 is 0. The van der Waals surface area contributed by atoms with Crippen LogP contribution in [-0.4, -0.2) is 50.4 Å². The summed E-state index contributed by atoms with van der Waals surface area (Å²) in [5, 5.41) is 11.7. The number of aromatic nitrogens is 3. The predicted molar refractivity (Wildman–Crippen MR) is 145 cm³/mol. The number of hydrogen-bond donors (Lipinski definition) is 2. The molecule has 0 unspecified atom stereocenters. The number of rotatable bonds is 12. The Bertz CT molecular complexity index is 1290. The molecule has 0 saturated heterocycles. The molecular formula is C29H30N6O3. The number of carbonyl (C=O) groups is 2. The number of likely N-dealkylation sites (N-methyl/N-ethyl adjacent to an activating group) is 1. The van der Waals surface area contributed by atoms with E-state index in [1.807, 2.05) is 61.6 Å². The van der Waals surface area contributed by atoms with Gasteiger partial charge in [0, 0.05) is 44.8 Å². The fraction of sp³-hybridized carbons (Fsp3) is 0.207. The number of benzene rings is 1. The van der Waals surface area contributed by atoms with E-state index in [9.17, 15) is 9.59 Å². The Labute approximate surface area is 221 Å². The van der Waals surface area contributed by atoms with E-state index >= 15 is 0 Å². The van der Waals surface area contributed by atoms with Gasteiger partial charge >= 0.3 is 5.97 Å². The maximum absolute atomic E-state index is 12.6. The molecule has 38 heavy (non-hydrogen) atoms. The Balaban J connectivity index is 1.39. The van der Waals surface area contributed by atoms with Crippen molar-refractivity contribution in [3.63, 3.8) is 0 Å². The van der Waals surface area contributed by atoms with E-state index in [0.717, 1.165) is 17.1 Å². The first-order valence-corrected chi connectivity index (χ1v) is 12.2. The van der Waals surface area contributed by atoms with Crippen molar-refractivity contribution in [3.05, 3.63) is 114 Å². The van der Waals surface area contributed by atoms with Gasteiger partial charge in [0.15, 0.2) is 0 Å². The molecule has 0 bridgehead atoms. The van der Waals surface area contributed by atoms with Crippen molar-refractivity contribution in [2.75, 3.05) is 23.8 Å². The van der Waals surface area contributed by atoms with E-state index in [1.165, 1.54) is 0 Å². The van der Waals surface area contributed by atoms with E-state index in [0.29, 0.717) is 36.7 Å². The number of nitrogens with one attached hydrogen (secondary N) is 1. The molecule has 0 atom stereocenters. The Morgan fingerprint density at radius 1 is 0.789 bits per heavy atom. The third kappa shape index (κ3) is 8.21. The van der Waals surface area contributed by atoms with Crippen LogP contribution in [0.1, 0.15) is 22.6 Å². The lowest BCUT2D eigenvalue weighted by atomic mass is 10.1. The second-order valence-electron chi connectivity index (χ2n) is 8.95. The molecule has 2 N–H and O–H groups in total. The molecule has 1 aromatic carbocycles. The number of carboxylic acid groups (broad SMARTS) is 1. The molecule has 9 nitrogen and oxygen atoms in total. The number of carboxylic acids is 1. The molecule has 4 rings (SSSR count). The second kappa shape index (κ2) is 13.1. The summed E-state index contributed by atoms with van der Waals surface area (Å²) < 4.78 is 0. The van der Waals surface area contributed by atoms with E-state index < -0.39 is 5.97 Å². The van der Waals surface area contributed by atoms with Crippen molar-refractivity contribution in [2.45, 2.75) is 26.1 Å². The molecule has 0 radical (unpaired) electrons. The zero-order valence-electron chi connectivity index (χ0n) is 21.2. The Hall–Kier alpha value is -4.63. The molecule has 0 aliphatic carbocycles. The Morgan fingerprint density at radius 2 is 1.39 bits per heavy atom. The highest BCUT2D eigenvalue weighted by Gasteiger charge is 2.14. The number of aliphatic carboxylic acids is 1. The van der Waals surface area contributed by atoms with Crippen molar-refractivity contribution < 1.29 is 14.7 Å². The molecule has 9 heteroatoms. The average Bonchev–Trinajstić information content (AvgIpc) is 2.91. The minimum atomic E-state index is -0.894. The molecule has 3 aromatic heterocycles. The SMILES string of the molecule is CN(CC(=O)Nc1ccc(CC(=O)O)cc1)c1cccc(CN(Cc2ccccn2)Cc2ccccn2)n1. The fourth-order valence-corrected chi connectivity index (χ4v) is 3.98. The summed E-state index contributed by atoms with van der Waals surface area (Å²) in [5.74, 6) is -0.405. The van der Waals surface area contributed by atoms with Gasteiger partial charge in [-0.3, -0.25) is 24.5 Å². The van der Waals surface area contributed by atoms with E-state index in [1.54, 1.807) is 41.6 Å². The minimum Gasteiger partial charge on any atom is -0.481 e. The quantitative estimate of drug-likeness (QED) is 0.296. The van der Waals surface area contributed by atoms with E-state index in [2.05, 4.69) is 20.2 Å². The standard InChI is InChI=1S/C29H30N6O3/c1-34(21-28(36)33-23-13-11-22(12-14-23)17-29(37)38)27-10-6-9-26(32-27)20-35(18-24-7-2-4-15-30-24)19-25-8-3-5-16-31-25/h2-16H,17-21H2,1H3,(H,33,36)(H,37,38). The third-order valence-electron chi connectivity index (χ3n) is 5.77. The lowest BCUT2D eigenvalue weighted by Crippen LogP contribution is -2.31. The number of anilines is 2. The number of hydrogen-bond acceptors (Lipinski definition) is 7. The Kier molecular flexibility index (Phi) is 9.09. The number of nitrogens with zero attached hydrogens (tertiary/aromatic N) is 5. The van der Waals surface area contributed by atoms with Gasteiger partial charge in [0.25, 0.3) is 0 Å². The molecule has 0 aliphatic heterocycles. The fourth-order valence-electron chi connectivity index (χ4n) is 3.98. The lowest BCUT2D eigenvalue weighted by Gasteiger charge is -2.23. The largest absolute Gasteiger partial charge is 0.481 e. The zero-order chi connectivity index (χ0) is 26.7. The first-order chi connectivity index (χ1) is 18.4. The highest BCUT2D eigenvalue weighted by Crippen LogP contribution is 2.15. The van der Waals surface area contributed by atoms with Crippen LogP contribution in [0.15, 0.2) is 91.3 Å². The van der Waals surface area contributed by atoms with Gasteiger partial charge in [-0.1, -0.05) is 30.3 Å². The molecule has 0 aliphatic rings. The molecule has 1 amide bonds. The smallest absolute Gasteiger partial charge is 0.307 e. The van der Waals surface area contributed by atoms with Gasteiger partial charge in [0.2, 0.25) is 5.91 Å². The summed E-state index contributed by atoms with van der Waals surface area (Å²) in [5.41, 5.74) is 4.08. The monoisotopic (exact) mass is 510 g/mol. The number of pyridine rings is 3. The van der Waals surface area contributed by atoms with Gasteiger partial charge in [0.05, 0.1) is 30.0 Å². The molecule has 4 aromatic rings. The number of amides is 1. The van der Waals surface area contributed by atoms with Crippen LogP contribution in [-0.2, 0) is 35.6 Å². The van der Waals surface area contributed by atoms with Crippen molar-refractivity contribution in [2.24, 2.45) is 0 Å². The summed E-state index contributed by atoms with van der Waals surface area (Å²) in [6.45, 7) is 1.99. The van der Waals surface area contributed by atoms with E-state index in [-0.39, 0.29) is 18.9 Å². The molecule has 0 fully saturated rings. The maximum atomic E-state index is 12.6. The summed E-state index contributed by atoms with van der Waals surface area (Å²) in [6, 6.07) is 24.3. The first-order valence-electron chi connectivity index (χ1n) is 12.2. The first kappa shape index (κ1) is 26.4. The van der Waals surface area contributed by atoms with Crippen molar-refractivity contribution in [1.29, 1.82) is 0 Å². The molecule has 3 heterocycles. The average molecular weight is 511 g/mol. The van der Waals surface area contributed by atoms with Crippen LogP contribution in [0.3, 0.4) is 0 Å². The summed E-state index contributed by atoms with van der Waals surface area (Å²) in [7, 11) is 1.82. The Morgan fingerprint density at radius 3 is 1.97 bits per heavy atom. The van der Waals surface area contributed by atoms with Gasteiger partial charge < -0.3 is 15.3 Å². The van der Waals surface area contributed by atoms with Gasteiger partial charge in [-0.25, -0.2) is 4.98 Å². The van der Waals surface area contributed by atoms with Crippen LogP contribution in [0.25, 0.3) is 0 Å². The van der Waals surface area contributed by atoms with Crippen LogP contribution in [0, 0.1) is 0 Å². The van der Waals surface area contributed by atoms with Crippen LogP contribution in [0.5, 0.6) is 0 Å². The summed E-state index contributed by atoms with van der Waals surface area (Å²) in [4.78, 5) is 41.2. The third-order valence-corrected chi connectivity index (χ3v) is 5.77. The predicted octanol–water partition coefficient (Wildman–Crippen LogP) is 3.78. The minimum absolute atomic E-state index is 0.0554. The highest BCUT2D eigenvalue weighted by molar-refractivity contribution is 5.93. The summed E-state index contributed by atoms with van der Waals surface area (Å²) in [6.07, 6.45) is 3.52. The van der Waals surface area contributed by atoms with Crippen molar-refractivity contribution in [1.82, 2.24) is 19.9 Å².